The third-order valence-corrected chi connectivity index (χ3v) is 5.16. The van der Waals surface area contributed by atoms with Gasteiger partial charge in [-0.1, -0.05) is 23.7 Å². The lowest BCUT2D eigenvalue weighted by Gasteiger charge is -2.28. The molecular weight excluding hydrogens is 441 g/mol. The van der Waals surface area contributed by atoms with Gasteiger partial charge in [0.1, 0.15) is 17.7 Å². The van der Waals surface area contributed by atoms with Crippen molar-refractivity contribution in [1.29, 1.82) is 0 Å². The van der Waals surface area contributed by atoms with Crippen molar-refractivity contribution in [3.63, 3.8) is 0 Å². The quantitative estimate of drug-likeness (QED) is 0.263. The Morgan fingerprint density at radius 1 is 1.12 bits per heavy atom. The highest BCUT2D eigenvalue weighted by molar-refractivity contribution is 6.32. The molecule has 0 radical (unpaired) electrons. The second-order valence-corrected chi connectivity index (χ2v) is 7.46. The molecule has 1 heterocycles. The van der Waals surface area contributed by atoms with Gasteiger partial charge in [0.15, 0.2) is 0 Å². The molecule has 32 heavy (non-hydrogen) atoms. The first-order chi connectivity index (χ1) is 15.4. The molecule has 11 heteroatoms. The summed E-state index contributed by atoms with van der Waals surface area (Å²) in [6.07, 6.45) is -0.177. The number of urea groups is 1. The van der Waals surface area contributed by atoms with Crippen molar-refractivity contribution in [3.05, 3.63) is 64.9 Å². The number of nitrogens with zero attached hydrogens (tertiary/aromatic N) is 1. The molecule has 0 bridgehead atoms. The van der Waals surface area contributed by atoms with Gasteiger partial charge in [-0.05, 0) is 41.1 Å². The first-order valence-electron chi connectivity index (χ1n) is 9.49. The monoisotopic (exact) mass is 459 g/mol. The summed E-state index contributed by atoms with van der Waals surface area (Å²) in [5.41, 5.74) is 2.48. The number of rotatable bonds is 5. The Kier molecular flexibility index (Phi) is 6.10. The maximum Gasteiger partial charge on any atom is 0.350 e. The van der Waals surface area contributed by atoms with E-state index >= 15 is 0 Å². The summed E-state index contributed by atoms with van der Waals surface area (Å²) in [5, 5.41) is 4.94. The Hall–Kier alpha value is -3.44. The van der Waals surface area contributed by atoms with E-state index in [-0.39, 0.29) is 34.1 Å². The van der Waals surface area contributed by atoms with Crippen LogP contribution in [0.4, 0.5) is 20.6 Å². The number of hydrazine groups is 2. The fourth-order valence-electron chi connectivity index (χ4n) is 3.13. The maximum absolute atomic E-state index is 13.4. The summed E-state index contributed by atoms with van der Waals surface area (Å²) in [5.74, 6) is 10.4. The fourth-order valence-corrected chi connectivity index (χ4v) is 3.33. The van der Waals surface area contributed by atoms with E-state index in [1.165, 1.54) is 24.3 Å². The Bertz CT molecular complexity index is 1200. The van der Waals surface area contributed by atoms with E-state index in [0.717, 1.165) is 0 Å². The van der Waals surface area contributed by atoms with Crippen LogP contribution in [0.1, 0.15) is 10.4 Å². The minimum atomic E-state index is -0.828. The molecule has 4 rings (SSSR count). The molecule has 0 aromatic heterocycles. The molecule has 0 spiro atoms. The molecule has 1 saturated heterocycles. The molecule has 0 unspecified atom stereocenters. The van der Waals surface area contributed by atoms with Crippen molar-refractivity contribution in [2.75, 3.05) is 23.5 Å². The van der Waals surface area contributed by atoms with Crippen LogP contribution >= 0.6 is 11.6 Å². The van der Waals surface area contributed by atoms with Crippen LogP contribution in [0.25, 0.3) is 10.8 Å². The van der Waals surface area contributed by atoms with Crippen LogP contribution in [-0.2, 0) is 4.74 Å². The molecule has 0 saturated carbocycles. The number of hydrogen-bond acceptors (Lipinski definition) is 6. The average molecular weight is 460 g/mol. The lowest BCUT2D eigenvalue weighted by atomic mass is 10.1. The Morgan fingerprint density at radius 2 is 1.84 bits per heavy atom. The number of hydrogen-bond donors (Lipinski definition) is 4. The van der Waals surface area contributed by atoms with Crippen LogP contribution in [0.15, 0.2) is 48.5 Å². The summed E-state index contributed by atoms with van der Waals surface area (Å²) in [6.45, 7) is 0.825. The molecule has 3 aromatic rings. The number of benzene rings is 3. The van der Waals surface area contributed by atoms with Crippen LogP contribution in [-0.4, -0.2) is 31.3 Å². The van der Waals surface area contributed by atoms with Crippen molar-refractivity contribution < 1.29 is 23.5 Å². The number of carbonyl (C=O) groups excluding carboxylic acids is 2. The van der Waals surface area contributed by atoms with Crippen LogP contribution in [0.3, 0.4) is 0 Å². The summed E-state index contributed by atoms with van der Waals surface area (Å²) in [4.78, 5) is 24.9. The van der Waals surface area contributed by atoms with Crippen molar-refractivity contribution >= 4 is 45.7 Å². The van der Waals surface area contributed by atoms with Crippen LogP contribution < -0.4 is 32.2 Å². The molecule has 0 aliphatic carbocycles. The Labute approximate surface area is 186 Å². The first-order valence-corrected chi connectivity index (χ1v) is 9.87. The fraction of sp³-hybridized carbons (Fsp3) is 0.143. The summed E-state index contributed by atoms with van der Waals surface area (Å²) < 4.78 is 24.3. The van der Waals surface area contributed by atoms with E-state index < -0.39 is 11.9 Å². The van der Waals surface area contributed by atoms with E-state index in [2.05, 4.69) is 5.32 Å². The van der Waals surface area contributed by atoms with Gasteiger partial charge < -0.3 is 14.8 Å². The molecule has 0 atom stereocenters. The van der Waals surface area contributed by atoms with Gasteiger partial charge >= 0.3 is 6.03 Å². The second kappa shape index (κ2) is 8.97. The number of carbonyl (C=O) groups is 2. The minimum Gasteiger partial charge on any atom is -0.484 e. The molecule has 1 fully saturated rings. The van der Waals surface area contributed by atoms with Gasteiger partial charge in [0.2, 0.25) is 0 Å². The van der Waals surface area contributed by atoms with Crippen molar-refractivity contribution in [3.8, 4) is 5.75 Å². The molecule has 9 nitrogen and oxygen atoms in total. The maximum atomic E-state index is 13.4. The molecule has 3 aromatic carbocycles. The molecule has 1 aliphatic heterocycles. The van der Waals surface area contributed by atoms with Crippen LogP contribution in [0.2, 0.25) is 5.02 Å². The predicted octanol–water partition coefficient (Wildman–Crippen LogP) is 2.93. The summed E-state index contributed by atoms with van der Waals surface area (Å²) in [7, 11) is 0. The molecule has 3 amide bonds. The zero-order valence-corrected chi connectivity index (χ0v) is 17.4. The smallest absolute Gasteiger partial charge is 0.350 e. The highest BCUT2D eigenvalue weighted by Gasteiger charge is 2.24. The van der Waals surface area contributed by atoms with Gasteiger partial charge in [-0.2, -0.15) is 0 Å². The minimum absolute atomic E-state index is 0.0892. The van der Waals surface area contributed by atoms with Gasteiger partial charge in [0.05, 0.1) is 29.6 Å². The molecule has 1 aliphatic rings. The van der Waals surface area contributed by atoms with E-state index in [9.17, 15) is 14.0 Å². The average Bonchev–Trinajstić information content (AvgIpc) is 2.76. The summed E-state index contributed by atoms with van der Waals surface area (Å²) >= 11 is 6.30. The van der Waals surface area contributed by atoms with E-state index in [0.29, 0.717) is 34.6 Å². The lowest BCUT2D eigenvalue weighted by molar-refractivity contribution is -0.0796. The van der Waals surface area contributed by atoms with Crippen LogP contribution in [0, 0.1) is 5.82 Å². The number of amides is 3. The Balaban J connectivity index is 1.67. The number of fused-ring (bicyclic) bond motifs is 1. The van der Waals surface area contributed by atoms with E-state index in [1.54, 1.807) is 24.3 Å². The normalized spacial score (nSPS) is 13.4. The number of anilines is 2. The van der Waals surface area contributed by atoms with Gasteiger partial charge in [0.25, 0.3) is 5.91 Å². The van der Waals surface area contributed by atoms with Gasteiger partial charge in [-0.3, -0.25) is 10.2 Å². The van der Waals surface area contributed by atoms with Gasteiger partial charge in [0, 0.05) is 11.6 Å². The Morgan fingerprint density at radius 3 is 2.53 bits per heavy atom. The zero-order valence-electron chi connectivity index (χ0n) is 16.6. The lowest BCUT2D eigenvalue weighted by Crippen LogP contribution is -2.48. The van der Waals surface area contributed by atoms with Crippen molar-refractivity contribution in [2.45, 2.75) is 6.10 Å². The highest BCUT2D eigenvalue weighted by atomic mass is 35.5. The third-order valence-electron chi connectivity index (χ3n) is 4.87. The topological polar surface area (TPSA) is 132 Å². The number of halogens is 2. The summed E-state index contributed by atoms with van der Waals surface area (Å²) in [6, 6.07) is 11.1. The van der Waals surface area contributed by atoms with E-state index in [1.807, 2.05) is 5.43 Å². The third kappa shape index (κ3) is 4.43. The second-order valence-electron chi connectivity index (χ2n) is 7.06. The predicted molar refractivity (Wildman–Crippen MR) is 118 cm³/mol. The molecule has 6 N–H and O–H groups in total. The largest absolute Gasteiger partial charge is 0.484 e. The van der Waals surface area contributed by atoms with Crippen molar-refractivity contribution in [2.24, 2.45) is 11.7 Å². The van der Waals surface area contributed by atoms with Crippen molar-refractivity contribution in [1.82, 2.24) is 5.43 Å². The first kappa shape index (κ1) is 21.8. The number of ether oxygens (including phenoxy) is 2. The van der Waals surface area contributed by atoms with Gasteiger partial charge in [-0.25, -0.2) is 25.9 Å². The van der Waals surface area contributed by atoms with Gasteiger partial charge in [-0.15, -0.1) is 0 Å². The SMILES string of the molecule is NNC(=O)N(N)c1cc(Cl)c(OC2COC2)cc1NC(=O)c1ccc2cc(F)ccc2c1. The number of nitrogens with two attached hydrogens (primary N) is 2. The highest BCUT2D eigenvalue weighted by Crippen LogP contribution is 2.37. The zero-order chi connectivity index (χ0) is 22.8. The van der Waals surface area contributed by atoms with Crippen LogP contribution in [0.5, 0.6) is 5.75 Å². The molecular formula is C21H19ClFN5O4. The standard InChI is InChI=1S/C21H19ClFN5O4/c22-16-7-18(28(25)21(30)27-24)17(8-19(16)32-15-9-31-10-15)26-20(29)13-2-1-12-6-14(23)4-3-11(12)5-13/h1-8,15H,9-10,24-25H2,(H,26,29)(H,27,30). The van der Waals surface area contributed by atoms with E-state index in [4.69, 9.17) is 32.8 Å². The molecule has 166 valence electrons. The number of nitrogens with one attached hydrogen (secondary N) is 2.